The van der Waals surface area contributed by atoms with Gasteiger partial charge in [0.1, 0.15) is 0 Å². The molecule has 5 heteroatoms. The minimum Gasteiger partial charge on any atom is -0.400 e. The van der Waals surface area contributed by atoms with Gasteiger partial charge in [-0.3, -0.25) is 0 Å². The van der Waals surface area contributed by atoms with E-state index in [9.17, 15) is 0 Å². The van der Waals surface area contributed by atoms with Gasteiger partial charge in [-0.05, 0) is 0 Å². The summed E-state index contributed by atoms with van der Waals surface area (Å²) in [6.07, 6.45) is 0. The fourth-order valence-corrected chi connectivity index (χ4v) is 0. The second kappa shape index (κ2) is 435. The van der Waals surface area contributed by atoms with Crippen LogP contribution in [-0.4, -0.2) is 48.9 Å². The fourth-order valence-electron chi connectivity index (χ4n) is 0. The zero-order valence-electron chi connectivity index (χ0n) is 6.29. The largest absolute Gasteiger partial charge is 0.400 e. The van der Waals surface area contributed by atoms with Crippen LogP contribution in [0.3, 0.4) is 0 Å². The standard InChI is InChI=1S/4CH4O.Nd/c4*1-2;/h4*2H,1H3;. The van der Waals surface area contributed by atoms with Crippen molar-refractivity contribution in [1.82, 2.24) is 0 Å². The Labute approximate surface area is 89.1 Å². The Kier molecular flexibility index (Phi) is 1540. The van der Waals surface area contributed by atoms with Gasteiger partial charge in [0.2, 0.25) is 0 Å². The number of hydrogen-bond donors (Lipinski definition) is 4. The minimum absolute atomic E-state index is 0. The van der Waals surface area contributed by atoms with Crippen LogP contribution in [0.5, 0.6) is 0 Å². The Morgan fingerprint density at radius 3 is 0.444 bits per heavy atom. The van der Waals surface area contributed by atoms with Crippen LogP contribution >= 0.6 is 0 Å². The van der Waals surface area contributed by atoms with Crippen LogP contribution in [0.4, 0.5) is 0 Å². The van der Waals surface area contributed by atoms with Crippen LogP contribution in [0.25, 0.3) is 0 Å². The van der Waals surface area contributed by atoms with Gasteiger partial charge in [0.15, 0.2) is 0 Å². The average Bonchev–Trinajstić information content (AvgIpc) is 2.03. The van der Waals surface area contributed by atoms with Crippen molar-refractivity contribution >= 4 is 0 Å². The first-order valence-electron chi connectivity index (χ1n) is 1.79. The summed E-state index contributed by atoms with van der Waals surface area (Å²) in [7, 11) is 4.00. The Balaban J connectivity index is -0.00000000762. The third-order valence-electron chi connectivity index (χ3n) is 0. The van der Waals surface area contributed by atoms with Gasteiger partial charge in [0, 0.05) is 69.3 Å². The van der Waals surface area contributed by atoms with Crippen LogP contribution in [0.2, 0.25) is 0 Å². The molecule has 0 saturated heterocycles. The molecule has 0 aliphatic rings. The molecule has 4 N–H and O–H groups in total. The first kappa shape index (κ1) is 31.9. The molecule has 0 aromatic carbocycles. The predicted octanol–water partition coefficient (Wildman–Crippen LogP) is -1.57. The van der Waals surface area contributed by atoms with E-state index < -0.39 is 0 Å². The van der Waals surface area contributed by atoms with E-state index in [0.717, 1.165) is 28.4 Å². The van der Waals surface area contributed by atoms with E-state index in [1.54, 1.807) is 0 Å². The molecule has 4 nitrogen and oxygen atoms in total. The Morgan fingerprint density at radius 1 is 0.444 bits per heavy atom. The maximum absolute atomic E-state index is 7.00. The summed E-state index contributed by atoms with van der Waals surface area (Å²) < 4.78 is 0. The van der Waals surface area contributed by atoms with E-state index in [1.807, 2.05) is 0 Å². The summed E-state index contributed by atoms with van der Waals surface area (Å²) >= 11 is 0. The Morgan fingerprint density at radius 2 is 0.444 bits per heavy atom. The summed E-state index contributed by atoms with van der Waals surface area (Å²) in [6.45, 7) is 0. The second-order valence-electron chi connectivity index (χ2n) is 0. The molecule has 0 amide bonds. The van der Waals surface area contributed by atoms with Gasteiger partial charge >= 0.3 is 0 Å². The van der Waals surface area contributed by atoms with Gasteiger partial charge < -0.3 is 20.4 Å². The zero-order chi connectivity index (χ0) is 8.00. The summed E-state index contributed by atoms with van der Waals surface area (Å²) in [5, 5.41) is 28.0. The molecule has 0 saturated carbocycles. The van der Waals surface area contributed by atoms with Crippen molar-refractivity contribution in [3.63, 3.8) is 0 Å². The van der Waals surface area contributed by atoms with Gasteiger partial charge in [0.05, 0.1) is 0 Å². The topological polar surface area (TPSA) is 80.9 Å². The number of aliphatic hydroxyl groups excluding tert-OH is 4. The molecule has 0 unspecified atom stereocenters. The van der Waals surface area contributed by atoms with E-state index in [0.29, 0.717) is 0 Å². The molecule has 9 heavy (non-hydrogen) atoms. The number of hydrogen-bond acceptors (Lipinski definition) is 4. The van der Waals surface area contributed by atoms with Gasteiger partial charge in [-0.1, -0.05) is 0 Å². The van der Waals surface area contributed by atoms with Crippen molar-refractivity contribution in [2.45, 2.75) is 0 Å². The third kappa shape index (κ3) is 335. The van der Waals surface area contributed by atoms with Gasteiger partial charge in [-0.15, -0.1) is 0 Å². The quantitative estimate of drug-likeness (QED) is 0.430. The van der Waals surface area contributed by atoms with Gasteiger partial charge in [0.25, 0.3) is 0 Å². The van der Waals surface area contributed by atoms with Crippen molar-refractivity contribution in [3.05, 3.63) is 0 Å². The third-order valence-corrected chi connectivity index (χ3v) is 0. The first-order valence-corrected chi connectivity index (χ1v) is 1.79. The molecule has 0 fully saturated rings. The molecule has 0 radical (unpaired) electrons. The summed E-state index contributed by atoms with van der Waals surface area (Å²) in [5.41, 5.74) is 0. The average molecular weight is 272 g/mol. The summed E-state index contributed by atoms with van der Waals surface area (Å²) in [5.74, 6) is 0. The van der Waals surface area contributed by atoms with Gasteiger partial charge in [-0.25, -0.2) is 0 Å². The van der Waals surface area contributed by atoms with Crippen LogP contribution in [-0.2, 0) is 0 Å². The van der Waals surface area contributed by atoms with Crippen LogP contribution < -0.4 is 0 Å². The van der Waals surface area contributed by atoms with Crippen molar-refractivity contribution in [1.29, 1.82) is 0 Å². The molecular weight excluding hydrogens is 256 g/mol. The van der Waals surface area contributed by atoms with E-state index in [4.69, 9.17) is 20.4 Å². The molecule has 0 atom stereocenters. The Hall–Kier alpha value is 1.19. The molecule has 0 heterocycles. The summed E-state index contributed by atoms with van der Waals surface area (Å²) in [4.78, 5) is 0. The van der Waals surface area contributed by atoms with Gasteiger partial charge in [-0.2, -0.15) is 0 Å². The van der Waals surface area contributed by atoms with E-state index in [1.165, 1.54) is 0 Å². The smallest absolute Gasteiger partial charge is 0.0319 e. The molecule has 0 rings (SSSR count). The van der Waals surface area contributed by atoms with E-state index >= 15 is 0 Å². The molecule has 0 aromatic heterocycles. The van der Waals surface area contributed by atoms with E-state index in [-0.39, 0.29) is 40.8 Å². The molecule has 0 spiro atoms. The molecule has 60 valence electrons. The number of rotatable bonds is 0. The van der Waals surface area contributed by atoms with Crippen molar-refractivity contribution in [3.8, 4) is 0 Å². The van der Waals surface area contributed by atoms with E-state index in [2.05, 4.69) is 0 Å². The molecular formula is C4H16NdO4. The minimum atomic E-state index is 0. The maximum atomic E-state index is 7.00. The van der Waals surface area contributed by atoms with Crippen molar-refractivity contribution in [2.75, 3.05) is 28.4 Å². The SMILES string of the molecule is CO.CO.CO.CO.[Nd]. The van der Waals surface area contributed by atoms with Crippen LogP contribution in [0.1, 0.15) is 0 Å². The maximum Gasteiger partial charge on any atom is 0.0319 e. The zero-order valence-corrected chi connectivity index (χ0v) is 9.50. The predicted molar refractivity (Wildman–Crippen MR) is 32.6 cm³/mol. The molecule has 0 aromatic rings. The van der Waals surface area contributed by atoms with Crippen LogP contribution in [0, 0.1) is 40.8 Å². The first-order chi connectivity index (χ1) is 4.00. The normalized spacial score (nSPS) is 2.67. The Bertz CT molecular complexity index is 12.5. The summed E-state index contributed by atoms with van der Waals surface area (Å²) in [6, 6.07) is 0. The number of aliphatic hydroxyl groups is 4. The monoisotopic (exact) mass is 270 g/mol. The van der Waals surface area contributed by atoms with Crippen molar-refractivity contribution in [2.24, 2.45) is 0 Å². The molecule has 0 aliphatic heterocycles. The van der Waals surface area contributed by atoms with Crippen molar-refractivity contribution < 1.29 is 61.3 Å². The molecule has 0 bridgehead atoms. The second-order valence-corrected chi connectivity index (χ2v) is 0. The fraction of sp³-hybridized carbons (Fsp3) is 1.00. The van der Waals surface area contributed by atoms with Crippen LogP contribution in [0.15, 0.2) is 0 Å². The molecule has 0 aliphatic carbocycles.